The van der Waals surface area contributed by atoms with E-state index in [1.54, 1.807) is 13.1 Å². The van der Waals surface area contributed by atoms with Crippen LogP contribution in [-0.4, -0.2) is 81.7 Å². The fourth-order valence-electron chi connectivity index (χ4n) is 2.82. The van der Waals surface area contributed by atoms with Gasteiger partial charge in [-0.25, -0.2) is 8.42 Å². The first kappa shape index (κ1) is 21.6. The molecule has 2 rings (SSSR count). The van der Waals surface area contributed by atoms with Crippen LogP contribution in [0.25, 0.3) is 0 Å². The van der Waals surface area contributed by atoms with Gasteiger partial charge in [0.2, 0.25) is 10.0 Å². The Bertz CT molecular complexity index is 655. The molecule has 0 saturated carbocycles. The van der Waals surface area contributed by atoms with E-state index in [0.717, 1.165) is 45.0 Å². The first-order valence-electron chi connectivity index (χ1n) is 9.47. The standard InChI is InChI=1S/C17H31N5O4S/c1-3-4-12-25-13-5-7-19-17(18-2)21-8-10-22(11-9-21)27(23,24)15-16-6-14-26-20-16/h6,14H,3-5,7-13,15H2,1-2H3,(H,18,19). The summed E-state index contributed by atoms with van der Waals surface area (Å²) in [5, 5.41) is 7.01. The molecule has 0 unspecified atom stereocenters. The van der Waals surface area contributed by atoms with Gasteiger partial charge < -0.3 is 19.5 Å². The zero-order chi connectivity index (χ0) is 19.5. The van der Waals surface area contributed by atoms with Gasteiger partial charge in [-0.1, -0.05) is 18.5 Å². The van der Waals surface area contributed by atoms with Gasteiger partial charge in [-0.05, 0) is 12.8 Å². The number of aromatic nitrogens is 1. The summed E-state index contributed by atoms with van der Waals surface area (Å²) in [5.74, 6) is 0.672. The minimum atomic E-state index is -3.39. The largest absolute Gasteiger partial charge is 0.381 e. The SMILES string of the molecule is CCCCOCCCNC(=NC)N1CCN(S(=O)(=O)Cc2ccon2)CC1. The summed E-state index contributed by atoms with van der Waals surface area (Å²) in [6.07, 6.45) is 4.53. The van der Waals surface area contributed by atoms with E-state index in [9.17, 15) is 8.42 Å². The minimum absolute atomic E-state index is 0.130. The number of ether oxygens (including phenoxy) is 1. The van der Waals surface area contributed by atoms with E-state index >= 15 is 0 Å². The lowest BCUT2D eigenvalue weighted by Crippen LogP contribution is -2.54. The molecule has 0 spiro atoms. The van der Waals surface area contributed by atoms with Crippen molar-refractivity contribution in [3.05, 3.63) is 18.0 Å². The number of aliphatic imine (C=N–C) groups is 1. The van der Waals surface area contributed by atoms with E-state index in [2.05, 4.69) is 27.3 Å². The predicted molar refractivity (Wildman–Crippen MR) is 104 cm³/mol. The van der Waals surface area contributed by atoms with E-state index < -0.39 is 10.0 Å². The number of nitrogens with zero attached hydrogens (tertiary/aromatic N) is 4. The second-order valence-electron chi connectivity index (χ2n) is 6.43. The molecular formula is C17H31N5O4S. The second kappa shape index (κ2) is 11.3. The summed E-state index contributed by atoms with van der Waals surface area (Å²) in [7, 11) is -1.64. The van der Waals surface area contributed by atoms with E-state index in [1.807, 2.05) is 0 Å². The molecule has 1 N–H and O–H groups in total. The Balaban J connectivity index is 1.71. The van der Waals surface area contributed by atoms with Gasteiger partial charge in [0.05, 0.1) is 5.69 Å². The molecule has 0 atom stereocenters. The monoisotopic (exact) mass is 401 g/mol. The number of nitrogens with one attached hydrogen (secondary N) is 1. The van der Waals surface area contributed by atoms with Gasteiger partial charge in [0.25, 0.3) is 0 Å². The Labute approximate surface area is 161 Å². The molecule has 0 bridgehead atoms. The van der Waals surface area contributed by atoms with Crippen molar-refractivity contribution in [2.75, 3.05) is 53.0 Å². The Kier molecular flexibility index (Phi) is 9.02. The van der Waals surface area contributed by atoms with E-state index in [-0.39, 0.29) is 5.75 Å². The Morgan fingerprint density at radius 2 is 2.04 bits per heavy atom. The van der Waals surface area contributed by atoms with Crippen molar-refractivity contribution in [2.24, 2.45) is 4.99 Å². The summed E-state index contributed by atoms with van der Waals surface area (Å²) < 4.78 is 36.7. The van der Waals surface area contributed by atoms with Crippen LogP contribution in [0.5, 0.6) is 0 Å². The van der Waals surface area contributed by atoms with Crippen molar-refractivity contribution in [1.29, 1.82) is 0 Å². The van der Waals surface area contributed by atoms with Crippen LogP contribution >= 0.6 is 0 Å². The Hall–Kier alpha value is -1.65. The van der Waals surface area contributed by atoms with E-state index in [0.29, 0.717) is 31.9 Å². The molecule has 27 heavy (non-hydrogen) atoms. The van der Waals surface area contributed by atoms with Crippen molar-refractivity contribution in [2.45, 2.75) is 31.9 Å². The lowest BCUT2D eigenvalue weighted by molar-refractivity contribution is 0.129. The number of rotatable bonds is 10. The summed E-state index contributed by atoms with van der Waals surface area (Å²) in [4.78, 5) is 6.39. The molecule has 1 fully saturated rings. The van der Waals surface area contributed by atoms with Gasteiger partial charge in [0.15, 0.2) is 5.96 Å². The highest BCUT2D eigenvalue weighted by atomic mass is 32.2. The molecule has 2 heterocycles. The van der Waals surface area contributed by atoms with Crippen molar-refractivity contribution in [3.63, 3.8) is 0 Å². The Morgan fingerprint density at radius 1 is 1.30 bits per heavy atom. The molecule has 10 heteroatoms. The van der Waals surface area contributed by atoms with Gasteiger partial charge in [0, 0.05) is 59.1 Å². The van der Waals surface area contributed by atoms with Gasteiger partial charge in [-0.2, -0.15) is 4.31 Å². The van der Waals surface area contributed by atoms with Crippen molar-refractivity contribution >= 4 is 16.0 Å². The topological polar surface area (TPSA) is 100 Å². The molecule has 9 nitrogen and oxygen atoms in total. The van der Waals surface area contributed by atoms with Gasteiger partial charge in [-0.15, -0.1) is 0 Å². The fourth-order valence-corrected chi connectivity index (χ4v) is 4.25. The van der Waals surface area contributed by atoms with Gasteiger partial charge >= 0.3 is 0 Å². The molecule has 154 valence electrons. The molecule has 0 aliphatic carbocycles. The zero-order valence-corrected chi connectivity index (χ0v) is 17.1. The predicted octanol–water partition coefficient (Wildman–Crippen LogP) is 0.904. The zero-order valence-electron chi connectivity index (χ0n) is 16.3. The van der Waals surface area contributed by atoms with Crippen LogP contribution in [0.1, 0.15) is 31.9 Å². The second-order valence-corrected chi connectivity index (χ2v) is 8.40. The van der Waals surface area contributed by atoms with Crippen molar-refractivity contribution in [1.82, 2.24) is 19.7 Å². The number of piperazine rings is 1. The molecule has 1 aliphatic heterocycles. The highest BCUT2D eigenvalue weighted by molar-refractivity contribution is 7.88. The van der Waals surface area contributed by atoms with Crippen LogP contribution in [0.4, 0.5) is 0 Å². The van der Waals surface area contributed by atoms with Crippen LogP contribution in [0.3, 0.4) is 0 Å². The molecular weight excluding hydrogens is 370 g/mol. The highest BCUT2D eigenvalue weighted by Crippen LogP contribution is 2.12. The lowest BCUT2D eigenvalue weighted by Gasteiger charge is -2.35. The smallest absolute Gasteiger partial charge is 0.220 e. The van der Waals surface area contributed by atoms with Gasteiger partial charge in [-0.3, -0.25) is 4.99 Å². The van der Waals surface area contributed by atoms with E-state index in [4.69, 9.17) is 9.26 Å². The molecule has 0 radical (unpaired) electrons. The van der Waals surface area contributed by atoms with Crippen LogP contribution in [0, 0.1) is 0 Å². The van der Waals surface area contributed by atoms with Crippen molar-refractivity contribution < 1.29 is 17.7 Å². The molecule has 1 aromatic heterocycles. The molecule has 0 aromatic carbocycles. The Morgan fingerprint density at radius 3 is 2.67 bits per heavy atom. The molecule has 1 aliphatic rings. The average Bonchev–Trinajstić information content (AvgIpc) is 3.16. The third-order valence-corrected chi connectivity index (χ3v) is 6.17. The summed E-state index contributed by atoms with van der Waals surface area (Å²) in [6, 6.07) is 1.57. The lowest BCUT2D eigenvalue weighted by atomic mass is 10.3. The molecule has 1 aromatic rings. The maximum Gasteiger partial charge on any atom is 0.220 e. The summed E-state index contributed by atoms with van der Waals surface area (Å²) in [5.41, 5.74) is 0.427. The first-order valence-corrected chi connectivity index (χ1v) is 11.1. The van der Waals surface area contributed by atoms with Crippen LogP contribution in [-0.2, 0) is 20.5 Å². The number of sulfonamides is 1. The quantitative estimate of drug-likeness (QED) is 0.353. The van der Waals surface area contributed by atoms with Crippen molar-refractivity contribution in [3.8, 4) is 0 Å². The number of unbranched alkanes of at least 4 members (excludes halogenated alkanes) is 1. The minimum Gasteiger partial charge on any atom is -0.381 e. The fraction of sp³-hybridized carbons (Fsp3) is 0.765. The molecule has 0 amide bonds. The normalized spacial score (nSPS) is 16.7. The first-order chi connectivity index (χ1) is 13.1. The number of hydrogen-bond acceptors (Lipinski definition) is 6. The average molecular weight is 402 g/mol. The van der Waals surface area contributed by atoms with Crippen LogP contribution < -0.4 is 5.32 Å². The number of hydrogen-bond donors (Lipinski definition) is 1. The molecule has 1 saturated heterocycles. The maximum absolute atomic E-state index is 12.5. The third kappa shape index (κ3) is 7.11. The summed E-state index contributed by atoms with van der Waals surface area (Å²) >= 11 is 0. The number of guanidine groups is 1. The summed E-state index contributed by atoms with van der Waals surface area (Å²) in [6.45, 7) is 6.54. The van der Waals surface area contributed by atoms with Gasteiger partial charge in [0.1, 0.15) is 12.0 Å². The third-order valence-electron chi connectivity index (χ3n) is 4.36. The van der Waals surface area contributed by atoms with Crippen LogP contribution in [0.2, 0.25) is 0 Å². The maximum atomic E-state index is 12.5. The van der Waals surface area contributed by atoms with E-state index in [1.165, 1.54) is 10.6 Å². The van der Waals surface area contributed by atoms with Crippen LogP contribution in [0.15, 0.2) is 21.8 Å². The highest BCUT2D eigenvalue weighted by Gasteiger charge is 2.28.